The number of halogens is 1. The first kappa shape index (κ1) is 31.7. The van der Waals surface area contributed by atoms with E-state index in [1.807, 2.05) is 50.7 Å². The Bertz CT molecular complexity index is 1850. The van der Waals surface area contributed by atoms with Gasteiger partial charge in [0.15, 0.2) is 6.23 Å². The standard InChI is InChI=1S/C36H42ClN5O5/c1-21-15-27-26(18-38-42(27)28-9-7-8-14-46-28)30(31(21)37)29-22(2)41(39-32(29)23-10-12-24(13-11-23)33(43)45-6)25-16-36(17-25)19-40(20-36)34(44)47-35(3,4)5/h10-13,15,18,25,28H,7-9,14,16-17,19-20H2,1-6H3. The minimum absolute atomic E-state index is 0.0812. The van der Waals surface area contributed by atoms with Crippen LogP contribution in [-0.4, -0.2) is 68.9 Å². The maximum atomic E-state index is 12.6. The predicted molar refractivity (Wildman–Crippen MR) is 180 cm³/mol. The number of esters is 1. The number of likely N-dealkylation sites (tertiary alicyclic amines) is 1. The van der Waals surface area contributed by atoms with Gasteiger partial charge < -0.3 is 19.1 Å². The molecule has 4 heterocycles. The molecular weight excluding hydrogens is 618 g/mol. The summed E-state index contributed by atoms with van der Waals surface area (Å²) in [6, 6.07) is 9.63. The van der Waals surface area contributed by atoms with Crippen LogP contribution in [0.15, 0.2) is 36.5 Å². The van der Waals surface area contributed by atoms with Crippen LogP contribution in [0, 0.1) is 19.3 Å². The van der Waals surface area contributed by atoms with Crippen molar-refractivity contribution in [2.45, 2.75) is 84.6 Å². The zero-order chi connectivity index (χ0) is 33.2. The minimum atomic E-state index is -0.515. The average molecular weight is 660 g/mol. The molecule has 1 atom stereocenters. The SMILES string of the molecule is COC(=O)c1ccc(-c2nn(C3CC4(C3)CN(C(=O)OC(C)(C)C)C4)c(C)c2-c2c(Cl)c(C)cc3c2cnn3C2CCCCO2)cc1. The minimum Gasteiger partial charge on any atom is -0.465 e. The first-order valence-electron chi connectivity index (χ1n) is 16.4. The lowest BCUT2D eigenvalue weighted by Gasteiger charge is -2.58. The van der Waals surface area contributed by atoms with Crippen LogP contribution < -0.4 is 0 Å². The third kappa shape index (κ3) is 5.59. The molecule has 2 aromatic heterocycles. The lowest BCUT2D eigenvalue weighted by molar-refractivity contribution is -0.0930. The van der Waals surface area contributed by atoms with E-state index in [0.29, 0.717) is 23.7 Å². The van der Waals surface area contributed by atoms with E-state index in [1.165, 1.54) is 7.11 Å². The summed E-state index contributed by atoms with van der Waals surface area (Å²) < 4.78 is 20.8. The molecule has 2 aromatic carbocycles. The van der Waals surface area contributed by atoms with Crippen molar-refractivity contribution in [3.63, 3.8) is 0 Å². The second-order valence-corrected chi connectivity index (χ2v) is 14.8. The highest BCUT2D eigenvalue weighted by atomic mass is 35.5. The van der Waals surface area contributed by atoms with Crippen molar-refractivity contribution < 1.29 is 23.8 Å². The molecule has 10 nitrogen and oxygen atoms in total. The first-order chi connectivity index (χ1) is 22.4. The van der Waals surface area contributed by atoms with E-state index < -0.39 is 5.60 Å². The molecule has 7 rings (SSSR count). The summed E-state index contributed by atoms with van der Waals surface area (Å²) in [5.41, 5.74) is 6.48. The summed E-state index contributed by atoms with van der Waals surface area (Å²) in [7, 11) is 1.38. The summed E-state index contributed by atoms with van der Waals surface area (Å²) in [6.45, 7) is 11.9. The monoisotopic (exact) mass is 659 g/mol. The Labute approximate surface area is 279 Å². The van der Waals surface area contributed by atoms with Gasteiger partial charge >= 0.3 is 12.1 Å². The topological polar surface area (TPSA) is 101 Å². The van der Waals surface area contributed by atoms with E-state index in [1.54, 1.807) is 17.0 Å². The normalized spacial score (nSPS) is 19.5. The molecule has 3 aliphatic rings. The second kappa shape index (κ2) is 11.7. The van der Waals surface area contributed by atoms with E-state index >= 15 is 0 Å². The highest BCUT2D eigenvalue weighted by Crippen LogP contribution is 2.55. The third-order valence-electron chi connectivity index (χ3n) is 9.82. The van der Waals surface area contributed by atoms with E-state index in [2.05, 4.69) is 17.7 Å². The van der Waals surface area contributed by atoms with E-state index in [9.17, 15) is 9.59 Å². The quantitative estimate of drug-likeness (QED) is 0.201. The van der Waals surface area contributed by atoms with Crippen LogP contribution in [0.4, 0.5) is 4.79 Å². The van der Waals surface area contributed by atoms with E-state index in [0.717, 1.165) is 83.3 Å². The maximum absolute atomic E-state index is 12.6. The number of benzene rings is 2. The summed E-state index contributed by atoms with van der Waals surface area (Å²) in [4.78, 5) is 26.6. The zero-order valence-corrected chi connectivity index (χ0v) is 28.7. The number of fused-ring (bicyclic) bond motifs is 1. The van der Waals surface area contributed by atoms with Gasteiger partial charge in [-0.2, -0.15) is 10.2 Å². The fraction of sp³-hybridized carbons (Fsp3) is 0.500. The number of aryl methyl sites for hydroxylation is 1. The van der Waals surface area contributed by atoms with Crippen molar-refractivity contribution in [2.24, 2.45) is 5.41 Å². The maximum Gasteiger partial charge on any atom is 0.410 e. The van der Waals surface area contributed by atoms with Gasteiger partial charge in [0.1, 0.15) is 11.3 Å². The van der Waals surface area contributed by atoms with Crippen molar-refractivity contribution in [1.82, 2.24) is 24.5 Å². The average Bonchev–Trinajstić information content (AvgIpc) is 3.56. The van der Waals surface area contributed by atoms with Crippen LogP contribution in [0.5, 0.6) is 0 Å². The lowest BCUT2D eigenvalue weighted by Crippen LogP contribution is -2.64. The van der Waals surface area contributed by atoms with Gasteiger partial charge in [0.25, 0.3) is 0 Å². The molecule has 1 aliphatic carbocycles. The van der Waals surface area contributed by atoms with Crippen LogP contribution >= 0.6 is 11.6 Å². The number of nitrogens with zero attached hydrogens (tertiary/aromatic N) is 5. The Kier molecular flexibility index (Phi) is 7.87. The molecule has 1 amide bonds. The van der Waals surface area contributed by atoms with Gasteiger partial charge in [-0.1, -0.05) is 23.7 Å². The van der Waals surface area contributed by atoms with Gasteiger partial charge in [-0.3, -0.25) is 4.68 Å². The van der Waals surface area contributed by atoms with Gasteiger partial charge in [-0.15, -0.1) is 0 Å². The molecule has 1 spiro atoms. The van der Waals surface area contributed by atoms with Crippen molar-refractivity contribution in [3.8, 4) is 22.4 Å². The smallest absolute Gasteiger partial charge is 0.410 e. The van der Waals surface area contributed by atoms with Gasteiger partial charge in [0.05, 0.1) is 35.5 Å². The Morgan fingerprint density at radius 3 is 2.40 bits per heavy atom. The summed E-state index contributed by atoms with van der Waals surface area (Å²) >= 11 is 7.21. The van der Waals surface area contributed by atoms with Crippen molar-refractivity contribution in [2.75, 3.05) is 26.8 Å². The molecule has 0 radical (unpaired) electrons. The number of hydrogen-bond donors (Lipinski definition) is 0. The molecule has 3 fully saturated rings. The number of methoxy groups -OCH3 is 1. The van der Waals surface area contributed by atoms with Crippen LogP contribution in [0.3, 0.4) is 0 Å². The fourth-order valence-electron chi connectivity index (χ4n) is 7.53. The van der Waals surface area contributed by atoms with E-state index in [-0.39, 0.29) is 29.7 Å². The van der Waals surface area contributed by atoms with Gasteiger partial charge in [0, 0.05) is 52.9 Å². The van der Waals surface area contributed by atoms with E-state index in [4.69, 9.17) is 36.0 Å². The summed E-state index contributed by atoms with van der Waals surface area (Å²) in [6.07, 6.45) is 6.44. The molecule has 2 saturated heterocycles. The fourth-order valence-corrected chi connectivity index (χ4v) is 7.78. The molecule has 1 unspecified atom stereocenters. The number of amides is 1. The molecule has 0 N–H and O–H groups in total. The number of carbonyl (C=O) groups is 2. The lowest BCUT2D eigenvalue weighted by atomic mass is 9.61. The number of ether oxygens (including phenoxy) is 3. The summed E-state index contributed by atoms with van der Waals surface area (Å²) in [5, 5.41) is 11.7. The zero-order valence-electron chi connectivity index (χ0n) is 27.9. The van der Waals surface area contributed by atoms with Gasteiger partial charge in [-0.25, -0.2) is 14.3 Å². The van der Waals surface area contributed by atoms with Crippen LogP contribution in [0.2, 0.25) is 5.02 Å². The van der Waals surface area contributed by atoms with Crippen molar-refractivity contribution in [1.29, 1.82) is 0 Å². The Morgan fingerprint density at radius 2 is 1.77 bits per heavy atom. The number of rotatable bonds is 5. The third-order valence-corrected chi connectivity index (χ3v) is 10.3. The van der Waals surface area contributed by atoms with Gasteiger partial charge in [-0.05, 0) is 90.5 Å². The predicted octanol–water partition coefficient (Wildman–Crippen LogP) is 7.89. The summed E-state index contributed by atoms with van der Waals surface area (Å²) in [5.74, 6) is -0.389. The Balaban J connectivity index is 1.28. The van der Waals surface area contributed by atoms with Crippen LogP contribution in [0.1, 0.15) is 86.8 Å². The number of hydrogen-bond acceptors (Lipinski definition) is 7. The first-order valence-corrected chi connectivity index (χ1v) is 16.8. The molecule has 11 heteroatoms. The highest BCUT2D eigenvalue weighted by Gasteiger charge is 2.55. The Morgan fingerprint density at radius 1 is 1.04 bits per heavy atom. The second-order valence-electron chi connectivity index (χ2n) is 14.4. The molecule has 47 heavy (non-hydrogen) atoms. The Hall–Kier alpha value is -3.89. The van der Waals surface area contributed by atoms with Crippen LogP contribution in [0.25, 0.3) is 33.3 Å². The molecule has 0 bridgehead atoms. The largest absolute Gasteiger partial charge is 0.465 e. The van der Waals surface area contributed by atoms with Crippen molar-refractivity contribution >= 4 is 34.6 Å². The highest BCUT2D eigenvalue weighted by molar-refractivity contribution is 6.36. The molecule has 4 aromatic rings. The number of carbonyl (C=O) groups excluding carboxylic acids is 2. The van der Waals surface area contributed by atoms with Gasteiger partial charge in [0.2, 0.25) is 0 Å². The van der Waals surface area contributed by atoms with Crippen molar-refractivity contribution in [3.05, 3.63) is 58.4 Å². The van der Waals surface area contributed by atoms with Crippen LogP contribution in [-0.2, 0) is 14.2 Å². The molecule has 2 aliphatic heterocycles. The molecule has 1 saturated carbocycles. The number of aromatic nitrogens is 4. The molecule has 248 valence electrons. The molecular formula is C36H42ClN5O5.